The van der Waals surface area contributed by atoms with Crippen molar-refractivity contribution in [2.24, 2.45) is 29.6 Å². The van der Waals surface area contributed by atoms with E-state index in [1.54, 1.807) is 0 Å². The summed E-state index contributed by atoms with van der Waals surface area (Å²) in [5, 5.41) is 0. The molecule has 0 N–H and O–H groups in total. The van der Waals surface area contributed by atoms with Gasteiger partial charge in [-0.15, -0.1) is 0 Å². The molecule has 0 saturated heterocycles. The maximum Gasteiger partial charge on any atom is -0.0355 e. The fourth-order valence-electron chi connectivity index (χ4n) is 3.58. The summed E-state index contributed by atoms with van der Waals surface area (Å²) in [6, 6.07) is 0. The van der Waals surface area contributed by atoms with Crippen molar-refractivity contribution < 1.29 is 0 Å². The van der Waals surface area contributed by atoms with E-state index in [9.17, 15) is 0 Å². The highest BCUT2D eigenvalue weighted by Gasteiger charge is 2.40. The van der Waals surface area contributed by atoms with Crippen molar-refractivity contribution in [3.63, 3.8) is 0 Å². The van der Waals surface area contributed by atoms with Gasteiger partial charge in [0.25, 0.3) is 0 Å². The molecule has 2 rings (SSSR count). The van der Waals surface area contributed by atoms with Crippen LogP contribution in [0.2, 0.25) is 0 Å². The molecule has 0 heterocycles. The Morgan fingerprint density at radius 1 is 0.917 bits per heavy atom. The van der Waals surface area contributed by atoms with Gasteiger partial charge in [0, 0.05) is 0 Å². The third-order valence-electron chi connectivity index (χ3n) is 4.55. The van der Waals surface area contributed by atoms with Crippen molar-refractivity contribution in [2.45, 2.75) is 46.5 Å². The molecule has 0 amide bonds. The average Bonchev–Trinajstić information content (AvgIpc) is 2.39. The summed E-state index contributed by atoms with van der Waals surface area (Å²) in [4.78, 5) is 0. The van der Waals surface area contributed by atoms with E-state index in [4.69, 9.17) is 0 Å². The van der Waals surface area contributed by atoms with Gasteiger partial charge in [-0.25, -0.2) is 0 Å². The molecule has 0 aliphatic heterocycles. The minimum Gasteiger partial charge on any atom is -0.0625 e. The second kappa shape index (κ2) is 3.05. The Labute approximate surface area is 76.7 Å². The van der Waals surface area contributed by atoms with Crippen molar-refractivity contribution >= 4 is 0 Å². The number of fused-ring (bicyclic) bond motifs is 1. The lowest BCUT2D eigenvalue weighted by atomic mass is 9.69. The van der Waals surface area contributed by atoms with E-state index < -0.39 is 0 Å². The van der Waals surface area contributed by atoms with Crippen LogP contribution in [0.5, 0.6) is 0 Å². The third-order valence-corrected chi connectivity index (χ3v) is 4.55. The summed E-state index contributed by atoms with van der Waals surface area (Å²) < 4.78 is 0. The summed E-state index contributed by atoms with van der Waals surface area (Å²) >= 11 is 0. The van der Waals surface area contributed by atoms with Crippen LogP contribution in [0.4, 0.5) is 0 Å². The molecule has 2 aliphatic rings. The van der Waals surface area contributed by atoms with Gasteiger partial charge in [-0.3, -0.25) is 0 Å². The van der Waals surface area contributed by atoms with Crippen LogP contribution in [0.1, 0.15) is 46.5 Å². The molecule has 2 saturated carbocycles. The van der Waals surface area contributed by atoms with Gasteiger partial charge in [0.1, 0.15) is 0 Å². The summed E-state index contributed by atoms with van der Waals surface area (Å²) in [5.74, 6) is 5.22. The van der Waals surface area contributed by atoms with Crippen LogP contribution in [0.3, 0.4) is 0 Å². The van der Waals surface area contributed by atoms with E-state index in [1.165, 1.54) is 25.7 Å². The van der Waals surface area contributed by atoms with Crippen molar-refractivity contribution in [3.8, 4) is 0 Å². The van der Waals surface area contributed by atoms with Crippen LogP contribution in [0.15, 0.2) is 0 Å². The first kappa shape index (κ1) is 8.59. The first-order valence-electron chi connectivity index (χ1n) is 5.68. The van der Waals surface area contributed by atoms with Crippen LogP contribution >= 0.6 is 0 Å². The van der Waals surface area contributed by atoms with E-state index in [0.29, 0.717) is 0 Å². The number of hydrogen-bond acceptors (Lipinski definition) is 0. The Hall–Kier alpha value is 0. The molecule has 0 radical (unpaired) electrons. The summed E-state index contributed by atoms with van der Waals surface area (Å²) in [7, 11) is 0. The molecule has 0 bridgehead atoms. The quantitative estimate of drug-likeness (QED) is 0.514. The fraction of sp³-hybridized carbons (Fsp3) is 1.00. The standard InChI is InChI=1S/C12H22/c1-8-6-11-5-4-9(2)10(3)12(11)7-8/h8-12H,4-7H2,1-3H3/t8?,9?,10?,11-,12-/m0/s1. The first-order valence-corrected chi connectivity index (χ1v) is 5.68. The van der Waals surface area contributed by atoms with Crippen molar-refractivity contribution in [1.29, 1.82) is 0 Å². The van der Waals surface area contributed by atoms with Crippen molar-refractivity contribution in [1.82, 2.24) is 0 Å². The zero-order valence-electron chi connectivity index (χ0n) is 8.72. The van der Waals surface area contributed by atoms with E-state index in [1.807, 2.05) is 0 Å². The van der Waals surface area contributed by atoms with E-state index in [0.717, 1.165) is 29.6 Å². The monoisotopic (exact) mass is 166 g/mol. The first-order chi connectivity index (χ1) is 5.68. The van der Waals surface area contributed by atoms with Crippen LogP contribution < -0.4 is 0 Å². The van der Waals surface area contributed by atoms with E-state index in [2.05, 4.69) is 20.8 Å². The van der Waals surface area contributed by atoms with Crippen molar-refractivity contribution in [3.05, 3.63) is 0 Å². The highest BCUT2D eigenvalue weighted by molar-refractivity contribution is 4.90. The molecule has 0 spiro atoms. The average molecular weight is 166 g/mol. The van der Waals surface area contributed by atoms with Gasteiger partial charge in [-0.2, -0.15) is 0 Å². The van der Waals surface area contributed by atoms with Gasteiger partial charge < -0.3 is 0 Å². The van der Waals surface area contributed by atoms with Gasteiger partial charge >= 0.3 is 0 Å². The maximum absolute atomic E-state index is 2.49. The van der Waals surface area contributed by atoms with E-state index in [-0.39, 0.29) is 0 Å². The van der Waals surface area contributed by atoms with Crippen LogP contribution in [-0.4, -0.2) is 0 Å². The predicted octanol–water partition coefficient (Wildman–Crippen LogP) is 3.71. The Balaban J connectivity index is 2.06. The van der Waals surface area contributed by atoms with Crippen LogP contribution in [0.25, 0.3) is 0 Å². The molecule has 70 valence electrons. The third kappa shape index (κ3) is 1.30. The predicted molar refractivity (Wildman–Crippen MR) is 52.9 cm³/mol. The van der Waals surface area contributed by atoms with Crippen molar-refractivity contribution in [2.75, 3.05) is 0 Å². The zero-order chi connectivity index (χ0) is 8.72. The smallest absolute Gasteiger partial charge is 0.0355 e. The molecule has 0 aromatic rings. The highest BCUT2D eigenvalue weighted by atomic mass is 14.4. The van der Waals surface area contributed by atoms with Crippen LogP contribution in [-0.2, 0) is 0 Å². The summed E-state index contributed by atoms with van der Waals surface area (Å²) in [5.41, 5.74) is 0. The Kier molecular flexibility index (Phi) is 2.18. The van der Waals surface area contributed by atoms with Gasteiger partial charge in [0.05, 0.1) is 0 Å². The number of hydrogen-bond donors (Lipinski definition) is 0. The molecule has 0 heteroatoms. The Morgan fingerprint density at radius 3 is 2.42 bits per heavy atom. The molecule has 12 heavy (non-hydrogen) atoms. The minimum absolute atomic E-state index is 0.997. The largest absolute Gasteiger partial charge is 0.0625 e. The molecule has 2 aliphatic carbocycles. The summed E-state index contributed by atoms with van der Waals surface area (Å²) in [6.45, 7) is 7.37. The highest BCUT2D eigenvalue weighted by Crippen LogP contribution is 2.49. The van der Waals surface area contributed by atoms with Gasteiger partial charge in [-0.05, 0) is 48.9 Å². The molecule has 0 aromatic heterocycles. The Morgan fingerprint density at radius 2 is 1.67 bits per heavy atom. The second-order valence-electron chi connectivity index (χ2n) is 5.41. The molecule has 0 nitrogen and oxygen atoms in total. The summed E-state index contributed by atoms with van der Waals surface area (Å²) in [6.07, 6.45) is 6.08. The molecule has 0 aromatic carbocycles. The molecule has 3 unspecified atom stereocenters. The van der Waals surface area contributed by atoms with Gasteiger partial charge in [0.2, 0.25) is 0 Å². The van der Waals surface area contributed by atoms with Gasteiger partial charge in [0.15, 0.2) is 0 Å². The number of rotatable bonds is 0. The lowest BCUT2D eigenvalue weighted by Gasteiger charge is -2.36. The van der Waals surface area contributed by atoms with Crippen LogP contribution in [0, 0.1) is 29.6 Å². The molecular weight excluding hydrogens is 144 g/mol. The van der Waals surface area contributed by atoms with Gasteiger partial charge in [-0.1, -0.05) is 27.2 Å². The Bertz CT molecular complexity index is 159. The molecule has 2 fully saturated rings. The fourth-order valence-corrected chi connectivity index (χ4v) is 3.58. The molecular formula is C12H22. The SMILES string of the molecule is CC1C[C@@H]2CCC(C)C(C)[C@@H]2C1. The second-order valence-corrected chi connectivity index (χ2v) is 5.41. The zero-order valence-corrected chi connectivity index (χ0v) is 8.72. The minimum atomic E-state index is 0.997. The normalized spacial score (nSPS) is 53.8. The van der Waals surface area contributed by atoms with E-state index >= 15 is 0 Å². The lowest BCUT2D eigenvalue weighted by Crippen LogP contribution is -2.28. The maximum atomic E-state index is 2.49. The topological polar surface area (TPSA) is 0 Å². The lowest BCUT2D eigenvalue weighted by molar-refractivity contribution is 0.137. The molecule has 5 atom stereocenters.